The van der Waals surface area contributed by atoms with E-state index in [4.69, 9.17) is 9.97 Å². The van der Waals surface area contributed by atoms with Crippen LogP contribution < -0.4 is 20.9 Å². The Morgan fingerprint density at radius 3 is 2.74 bits per heavy atom. The molecule has 27 heavy (non-hydrogen) atoms. The minimum absolute atomic E-state index is 0.182. The quantitative estimate of drug-likeness (QED) is 0.538. The molecule has 3 aliphatic rings. The molecule has 10 heteroatoms. The molecule has 1 atom stereocenters. The largest absolute Gasteiger partial charge is 0.351 e. The maximum atomic E-state index is 11.8. The molecule has 10 nitrogen and oxygen atoms in total. The van der Waals surface area contributed by atoms with Crippen LogP contribution in [-0.2, 0) is 4.79 Å². The van der Waals surface area contributed by atoms with Crippen molar-refractivity contribution in [3.63, 3.8) is 0 Å². The molecule has 5 rings (SSSR count). The molecule has 2 saturated heterocycles. The minimum atomic E-state index is -0.528. The highest BCUT2D eigenvalue weighted by Crippen LogP contribution is 2.28. The van der Waals surface area contributed by atoms with E-state index in [1.54, 1.807) is 16.8 Å². The van der Waals surface area contributed by atoms with Gasteiger partial charge in [-0.15, -0.1) is 0 Å². The van der Waals surface area contributed by atoms with Gasteiger partial charge in [-0.1, -0.05) is 6.92 Å². The van der Waals surface area contributed by atoms with Gasteiger partial charge in [-0.05, 0) is 31.3 Å². The molecule has 3 N–H and O–H groups in total. The van der Waals surface area contributed by atoms with E-state index in [0.717, 1.165) is 32.4 Å². The fraction of sp³-hybridized carbons (Fsp3) is 0.471. The molecule has 4 heterocycles. The number of carbonyl (C=O) groups excluding carboxylic acids is 2. The van der Waals surface area contributed by atoms with E-state index in [9.17, 15) is 9.59 Å². The van der Waals surface area contributed by atoms with Crippen molar-refractivity contribution >= 4 is 35.6 Å². The van der Waals surface area contributed by atoms with Gasteiger partial charge in [0.15, 0.2) is 5.65 Å². The third kappa shape index (κ3) is 2.96. The maximum absolute atomic E-state index is 11.8. The van der Waals surface area contributed by atoms with E-state index in [1.165, 1.54) is 0 Å². The number of nitrogens with one attached hydrogen (secondary N) is 3. The van der Waals surface area contributed by atoms with Crippen molar-refractivity contribution in [3.05, 3.63) is 17.5 Å². The number of anilines is 2. The molecule has 2 aliphatic heterocycles. The predicted octanol–water partition coefficient (Wildman–Crippen LogP) is 0.725. The summed E-state index contributed by atoms with van der Waals surface area (Å²) in [6, 6.07) is -0.112. The topological polar surface area (TPSA) is 117 Å². The zero-order valence-corrected chi connectivity index (χ0v) is 14.9. The Labute approximate surface area is 155 Å². The number of hydrogen-bond donors (Lipinski definition) is 3. The summed E-state index contributed by atoms with van der Waals surface area (Å²) >= 11 is 0. The predicted molar refractivity (Wildman–Crippen MR) is 98.1 cm³/mol. The van der Waals surface area contributed by atoms with E-state index >= 15 is 0 Å². The lowest BCUT2D eigenvalue weighted by Gasteiger charge is -2.17. The summed E-state index contributed by atoms with van der Waals surface area (Å²) in [4.78, 5) is 34.8. The van der Waals surface area contributed by atoms with E-state index in [0.29, 0.717) is 35.1 Å². The van der Waals surface area contributed by atoms with Gasteiger partial charge in [-0.3, -0.25) is 10.1 Å². The number of rotatable bonds is 4. The molecule has 1 saturated carbocycles. The highest BCUT2D eigenvalue weighted by atomic mass is 16.2. The number of imide groups is 1. The second-order valence-corrected chi connectivity index (χ2v) is 7.41. The fourth-order valence-corrected chi connectivity index (χ4v) is 3.38. The van der Waals surface area contributed by atoms with Crippen LogP contribution in [0.2, 0.25) is 0 Å². The highest BCUT2D eigenvalue weighted by molar-refractivity contribution is 6.14. The van der Waals surface area contributed by atoms with Crippen LogP contribution in [0.3, 0.4) is 0 Å². The highest BCUT2D eigenvalue weighted by Gasteiger charge is 2.28. The Hall–Kier alpha value is -3.17. The first-order valence-corrected chi connectivity index (χ1v) is 9.18. The smallest absolute Gasteiger partial charge is 0.326 e. The normalized spacial score (nSPS) is 24.0. The second-order valence-electron chi connectivity index (χ2n) is 7.41. The number of nitrogens with zero attached hydrogens (tertiary/aromatic N) is 5. The van der Waals surface area contributed by atoms with Gasteiger partial charge in [0.25, 0.3) is 5.91 Å². The molecule has 0 radical (unpaired) electrons. The lowest BCUT2D eigenvalue weighted by molar-refractivity contribution is -0.115. The van der Waals surface area contributed by atoms with Crippen LogP contribution in [0.15, 0.2) is 11.9 Å². The van der Waals surface area contributed by atoms with Crippen molar-refractivity contribution < 1.29 is 9.59 Å². The Balaban J connectivity index is 1.59. The number of carbonyl (C=O) groups is 2. The number of amides is 3. The van der Waals surface area contributed by atoms with Crippen molar-refractivity contribution in [2.75, 3.05) is 23.3 Å². The molecule has 0 spiro atoms. The van der Waals surface area contributed by atoms with Crippen LogP contribution in [0.25, 0.3) is 11.7 Å². The summed E-state index contributed by atoms with van der Waals surface area (Å²) in [5.74, 6) is 1.46. The maximum Gasteiger partial charge on any atom is 0.326 e. The molecular formula is C17H20N8O2. The third-order valence-corrected chi connectivity index (χ3v) is 5.02. The zero-order chi connectivity index (χ0) is 18.5. The molecule has 0 aromatic carbocycles. The number of hydrogen-bond acceptors (Lipinski definition) is 7. The van der Waals surface area contributed by atoms with Crippen molar-refractivity contribution in [2.24, 2.45) is 5.92 Å². The molecular weight excluding hydrogens is 348 g/mol. The standard InChI is InChI=1S/C17H20N8O2/c1-9-4-5-24(8-9)15-21-13-10(6-12-14(26)22-17(27)20-12)7-18-25(13)16(23-15)19-11-2-3-11/h6-7,9,11H,2-5,8H2,1H3,(H,19,21,23)(H2,20,22,26,27)/b12-6-. The van der Waals surface area contributed by atoms with Crippen molar-refractivity contribution in [1.82, 2.24) is 30.2 Å². The van der Waals surface area contributed by atoms with Gasteiger partial charge in [-0.25, -0.2) is 4.79 Å². The molecule has 1 aliphatic carbocycles. The molecule has 0 bridgehead atoms. The molecule has 3 amide bonds. The van der Waals surface area contributed by atoms with Crippen LogP contribution >= 0.6 is 0 Å². The van der Waals surface area contributed by atoms with E-state index < -0.39 is 11.9 Å². The molecule has 3 fully saturated rings. The Bertz CT molecular complexity index is 977. The van der Waals surface area contributed by atoms with Gasteiger partial charge in [0, 0.05) is 24.7 Å². The van der Waals surface area contributed by atoms with Crippen LogP contribution in [0.4, 0.5) is 16.7 Å². The van der Waals surface area contributed by atoms with E-state index in [-0.39, 0.29) is 5.70 Å². The van der Waals surface area contributed by atoms with Crippen molar-refractivity contribution in [3.8, 4) is 0 Å². The first kappa shape index (κ1) is 16.0. The average molecular weight is 368 g/mol. The number of aromatic nitrogens is 4. The Morgan fingerprint density at radius 2 is 2.07 bits per heavy atom. The summed E-state index contributed by atoms with van der Waals surface area (Å²) in [5, 5.41) is 12.5. The van der Waals surface area contributed by atoms with Gasteiger partial charge >= 0.3 is 6.03 Å². The SMILES string of the molecule is CC1CCN(c2nc(NC3CC3)n3ncc(/C=C4\NC(=O)NC4=O)c3n2)C1. The van der Waals surface area contributed by atoms with Gasteiger partial charge in [0.1, 0.15) is 5.70 Å². The average Bonchev–Trinajstić information content (AvgIpc) is 3.04. The summed E-state index contributed by atoms with van der Waals surface area (Å²) in [5.41, 5.74) is 1.43. The van der Waals surface area contributed by atoms with Crippen LogP contribution in [0.1, 0.15) is 31.7 Å². The van der Waals surface area contributed by atoms with Crippen LogP contribution in [-0.4, -0.2) is 50.7 Å². The van der Waals surface area contributed by atoms with Crippen LogP contribution in [0, 0.1) is 5.92 Å². The zero-order valence-electron chi connectivity index (χ0n) is 14.9. The number of urea groups is 1. The lowest BCUT2D eigenvalue weighted by atomic mass is 10.2. The molecule has 2 aromatic rings. The van der Waals surface area contributed by atoms with Gasteiger partial charge in [0.2, 0.25) is 11.9 Å². The fourth-order valence-electron chi connectivity index (χ4n) is 3.38. The van der Waals surface area contributed by atoms with Gasteiger partial charge < -0.3 is 15.5 Å². The minimum Gasteiger partial charge on any atom is -0.351 e. The van der Waals surface area contributed by atoms with Gasteiger partial charge in [0.05, 0.1) is 6.20 Å². The monoisotopic (exact) mass is 368 g/mol. The summed E-state index contributed by atoms with van der Waals surface area (Å²) < 4.78 is 1.66. The number of fused-ring (bicyclic) bond motifs is 1. The molecule has 140 valence electrons. The van der Waals surface area contributed by atoms with Crippen molar-refractivity contribution in [2.45, 2.75) is 32.2 Å². The van der Waals surface area contributed by atoms with Crippen LogP contribution in [0.5, 0.6) is 0 Å². The summed E-state index contributed by atoms with van der Waals surface area (Å²) in [7, 11) is 0. The third-order valence-electron chi connectivity index (χ3n) is 5.02. The molecule has 1 unspecified atom stereocenters. The Morgan fingerprint density at radius 1 is 1.22 bits per heavy atom. The van der Waals surface area contributed by atoms with E-state index in [2.05, 4.69) is 32.9 Å². The first-order chi connectivity index (χ1) is 13.1. The second kappa shape index (κ2) is 5.93. The summed E-state index contributed by atoms with van der Waals surface area (Å²) in [6.45, 7) is 4.06. The van der Waals surface area contributed by atoms with Crippen molar-refractivity contribution in [1.29, 1.82) is 0 Å². The lowest BCUT2D eigenvalue weighted by Crippen LogP contribution is -2.23. The van der Waals surface area contributed by atoms with Gasteiger partial charge in [-0.2, -0.15) is 19.6 Å². The molecule has 2 aromatic heterocycles. The Kier molecular flexibility index (Phi) is 3.52. The summed E-state index contributed by atoms with van der Waals surface area (Å²) in [6.07, 6.45) is 6.57. The first-order valence-electron chi connectivity index (χ1n) is 9.18. The van der Waals surface area contributed by atoms with E-state index in [1.807, 2.05) is 0 Å².